The lowest BCUT2D eigenvalue weighted by molar-refractivity contribution is -0.138. The number of benzene rings is 2. The van der Waals surface area contributed by atoms with Crippen LogP contribution in [0.25, 0.3) is 0 Å². The Morgan fingerprint density at radius 2 is 1.16 bits per heavy atom. The highest BCUT2D eigenvalue weighted by molar-refractivity contribution is 5.96. The first-order chi connectivity index (χ1) is 14.4. The number of hydrogen-bond acceptors (Lipinski definition) is 2. The Kier molecular flexibility index (Phi) is 6.02. The molecule has 0 spiro atoms. The maximum absolute atomic E-state index is 12.7. The fourth-order valence-corrected chi connectivity index (χ4v) is 3.40. The van der Waals surface area contributed by atoms with Crippen molar-refractivity contribution in [2.45, 2.75) is 25.3 Å². The summed E-state index contributed by atoms with van der Waals surface area (Å²) >= 11 is 0. The topological polar surface area (TPSA) is 40.6 Å². The second-order valence-corrected chi connectivity index (χ2v) is 7.25. The Labute approximate surface area is 174 Å². The normalized spacial score (nSPS) is 17.6. The van der Waals surface area contributed by atoms with E-state index < -0.39 is 41.3 Å². The van der Waals surface area contributed by atoms with E-state index in [1.807, 2.05) is 0 Å². The van der Waals surface area contributed by atoms with Gasteiger partial charge >= 0.3 is 12.4 Å². The third kappa shape index (κ3) is 5.00. The summed E-state index contributed by atoms with van der Waals surface area (Å²) in [6.45, 7) is 2.13. The molecule has 1 unspecified atom stereocenters. The van der Waals surface area contributed by atoms with Crippen LogP contribution >= 0.6 is 0 Å². The number of carbonyl (C=O) groups is 2. The molecule has 166 valence electrons. The molecule has 1 atom stereocenters. The van der Waals surface area contributed by atoms with E-state index in [1.54, 1.807) is 6.92 Å². The minimum Gasteiger partial charge on any atom is -0.335 e. The fourth-order valence-electron chi connectivity index (χ4n) is 3.40. The second kappa shape index (κ2) is 8.24. The molecule has 2 amide bonds. The Morgan fingerprint density at radius 1 is 0.742 bits per heavy atom. The molecule has 1 heterocycles. The number of nitrogens with zero attached hydrogens (tertiary/aromatic N) is 2. The summed E-state index contributed by atoms with van der Waals surface area (Å²) in [7, 11) is 0. The number of alkyl halides is 6. The first kappa shape index (κ1) is 22.6. The molecular formula is C21H18F6N2O2. The van der Waals surface area contributed by atoms with Gasteiger partial charge in [-0.1, -0.05) is 0 Å². The van der Waals surface area contributed by atoms with E-state index in [-0.39, 0.29) is 30.8 Å². The number of hydrogen-bond donors (Lipinski definition) is 0. The van der Waals surface area contributed by atoms with Crippen molar-refractivity contribution in [1.29, 1.82) is 0 Å². The molecule has 31 heavy (non-hydrogen) atoms. The Bertz CT molecular complexity index is 952. The monoisotopic (exact) mass is 444 g/mol. The van der Waals surface area contributed by atoms with Gasteiger partial charge in [-0.15, -0.1) is 0 Å². The molecule has 1 saturated heterocycles. The van der Waals surface area contributed by atoms with E-state index in [4.69, 9.17) is 0 Å². The summed E-state index contributed by atoms with van der Waals surface area (Å²) in [4.78, 5) is 28.2. The summed E-state index contributed by atoms with van der Waals surface area (Å²) in [6.07, 6.45) is -9.00. The van der Waals surface area contributed by atoms with Crippen molar-refractivity contribution < 1.29 is 35.9 Å². The summed E-state index contributed by atoms with van der Waals surface area (Å²) in [5.41, 5.74) is -1.52. The molecular weight excluding hydrogens is 426 g/mol. The van der Waals surface area contributed by atoms with E-state index >= 15 is 0 Å². The van der Waals surface area contributed by atoms with Gasteiger partial charge in [-0.05, 0) is 55.5 Å². The highest BCUT2D eigenvalue weighted by atomic mass is 19.4. The highest BCUT2D eigenvalue weighted by Gasteiger charge is 2.34. The van der Waals surface area contributed by atoms with Crippen LogP contribution in [-0.4, -0.2) is 47.3 Å². The van der Waals surface area contributed by atoms with Crippen LogP contribution in [0.3, 0.4) is 0 Å². The lowest BCUT2D eigenvalue weighted by Gasteiger charge is -2.40. The van der Waals surface area contributed by atoms with Gasteiger partial charge in [-0.25, -0.2) is 0 Å². The quantitative estimate of drug-likeness (QED) is 0.630. The van der Waals surface area contributed by atoms with Crippen LogP contribution in [0.1, 0.15) is 38.8 Å². The van der Waals surface area contributed by atoms with Crippen molar-refractivity contribution >= 4 is 11.8 Å². The zero-order valence-electron chi connectivity index (χ0n) is 16.3. The van der Waals surface area contributed by atoms with Gasteiger partial charge < -0.3 is 9.80 Å². The molecule has 1 aliphatic rings. The number of piperazine rings is 1. The van der Waals surface area contributed by atoms with E-state index in [2.05, 4.69) is 0 Å². The van der Waals surface area contributed by atoms with E-state index in [0.29, 0.717) is 0 Å². The van der Waals surface area contributed by atoms with Crippen LogP contribution in [0.2, 0.25) is 0 Å². The number of halogens is 6. The minimum absolute atomic E-state index is 0.0994. The van der Waals surface area contributed by atoms with Gasteiger partial charge in [0, 0.05) is 36.8 Å². The van der Waals surface area contributed by atoms with Crippen LogP contribution in [0.4, 0.5) is 26.3 Å². The average Bonchev–Trinajstić information content (AvgIpc) is 2.71. The van der Waals surface area contributed by atoms with Gasteiger partial charge in [-0.2, -0.15) is 26.3 Å². The molecule has 0 aliphatic carbocycles. The predicted octanol–water partition coefficient (Wildman–Crippen LogP) is 4.71. The largest absolute Gasteiger partial charge is 0.416 e. The standard InChI is InChI=1S/C21H18F6N2O2/c1-13-12-28(18(30)14-2-6-16(7-3-14)20(22,23)24)10-11-29(13)19(31)15-4-8-17(9-5-15)21(25,26)27/h2-9,13H,10-12H2,1H3. The molecule has 0 radical (unpaired) electrons. The van der Waals surface area contributed by atoms with Crippen molar-refractivity contribution in [3.8, 4) is 0 Å². The Morgan fingerprint density at radius 3 is 1.55 bits per heavy atom. The van der Waals surface area contributed by atoms with Gasteiger partial charge in [0.2, 0.25) is 0 Å². The summed E-state index contributed by atoms with van der Waals surface area (Å²) in [6, 6.07) is 7.34. The molecule has 2 aromatic rings. The van der Waals surface area contributed by atoms with Crippen molar-refractivity contribution in [3.63, 3.8) is 0 Å². The van der Waals surface area contributed by atoms with Gasteiger partial charge in [-0.3, -0.25) is 9.59 Å². The third-order valence-electron chi connectivity index (χ3n) is 5.09. The van der Waals surface area contributed by atoms with Gasteiger partial charge in [0.1, 0.15) is 0 Å². The van der Waals surface area contributed by atoms with Gasteiger partial charge in [0.05, 0.1) is 11.1 Å². The van der Waals surface area contributed by atoms with E-state index in [0.717, 1.165) is 48.5 Å². The molecule has 10 heteroatoms. The first-order valence-corrected chi connectivity index (χ1v) is 9.32. The van der Waals surface area contributed by atoms with Crippen molar-refractivity contribution in [1.82, 2.24) is 9.80 Å². The van der Waals surface area contributed by atoms with Crippen molar-refractivity contribution in [2.75, 3.05) is 19.6 Å². The molecule has 1 fully saturated rings. The molecule has 0 saturated carbocycles. The maximum atomic E-state index is 12.7. The smallest absolute Gasteiger partial charge is 0.335 e. The molecule has 1 aliphatic heterocycles. The molecule has 3 rings (SSSR count). The zero-order valence-corrected chi connectivity index (χ0v) is 16.3. The summed E-state index contributed by atoms with van der Waals surface area (Å²) < 4.78 is 76.1. The lowest BCUT2D eigenvalue weighted by Crippen LogP contribution is -2.55. The molecule has 0 bridgehead atoms. The maximum Gasteiger partial charge on any atom is 0.416 e. The molecule has 2 aromatic carbocycles. The average molecular weight is 444 g/mol. The SMILES string of the molecule is CC1CN(C(=O)c2ccc(C(F)(F)F)cc2)CCN1C(=O)c1ccc(C(F)(F)F)cc1. The zero-order chi connectivity index (χ0) is 23.0. The summed E-state index contributed by atoms with van der Waals surface area (Å²) in [5, 5.41) is 0. The summed E-state index contributed by atoms with van der Waals surface area (Å²) in [5.74, 6) is -0.912. The number of amides is 2. The van der Waals surface area contributed by atoms with Crippen LogP contribution in [0, 0.1) is 0 Å². The van der Waals surface area contributed by atoms with Crippen LogP contribution in [0.5, 0.6) is 0 Å². The van der Waals surface area contributed by atoms with E-state index in [1.165, 1.54) is 9.80 Å². The Balaban J connectivity index is 1.66. The molecule has 0 aromatic heterocycles. The van der Waals surface area contributed by atoms with Gasteiger partial charge in [0.15, 0.2) is 0 Å². The van der Waals surface area contributed by atoms with Crippen molar-refractivity contribution in [3.05, 3.63) is 70.8 Å². The van der Waals surface area contributed by atoms with Crippen molar-refractivity contribution in [2.24, 2.45) is 0 Å². The number of carbonyl (C=O) groups excluding carboxylic acids is 2. The van der Waals surface area contributed by atoms with Crippen LogP contribution in [0.15, 0.2) is 48.5 Å². The van der Waals surface area contributed by atoms with Gasteiger partial charge in [0.25, 0.3) is 11.8 Å². The van der Waals surface area contributed by atoms with E-state index in [9.17, 15) is 35.9 Å². The number of rotatable bonds is 2. The van der Waals surface area contributed by atoms with Crippen LogP contribution < -0.4 is 0 Å². The first-order valence-electron chi connectivity index (χ1n) is 9.32. The predicted molar refractivity (Wildman–Crippen MR) is 99.3 cm³/mol. The third-order valence-corrected chi connectivity index (χ3v) is 5.09. The lowest BCUT2D eigenvalue weighted by atomic mass is 10.1. The second-order valence-electron chi connectivity index (χ2n) is 7.25. The molecule has 0 N–H and O–H groups in total. The fraction of sp³-hybridized carbons (Fsp3) is 0.333. The Hall–Kier alpha value is -3.04. The van der Waals surface area contributed by atoms with Crippen LogP contribution in [-0.2, 0) is 12.4 Å². The minimum atomic E-state index is -4.50. The molecule has 4 nitrogen and oxygen atoms in total. The highest BCUT2D eigenvalue weighted by Crippen LogP contribution is 2.30.